The van der Waals surface area contributed by atoms with Gasteiger partial charge in [-0.1, -0.05) is 18.2 Å². The molecule has 21 heavy (non-hydrogen) atoms. The average Bonchev–Trinajstić information content (AvgIpc) is 2.47. The molecule has 0 radical (unpaired) electrons. The monoisotopic (exact) mass is 281 g/mol. The third-order valence-electron chi connectivity index (χ3n) is 3.57. The molecule has 0 atom stereocenters. The summed E-state index contributed by atoms with van der Waals surface area (Å²) in [6.07, 6.45) is 0. The molecule has 0 spiro atoms. The number of phenols is 2. The second-order valence-electron chi connectivity index (χ2n) is 4.86. The van der Waals surface area contributed by atoms with E-state index in [9.17, 15) is 15.0 Å². The summed E-state index contributed by atoms with van der Waals surface area (Å²) in [5.74, 6) is 0.140. The maximum atomic E-state index is 12.3. The van der Waals surface area contributed by atoms with Gasteiger partial charge in [-0.3, -0.25) is 4.79 Å². The van der Waals surface area contributed by atoms with Crippen LogP contribution in [0.3, 0.4) is 0 Å². The normalized spacial score (nSPS) is 10.9. The highest BCUT2D eigenvalue weighted by Crippen LogP contribution is 2.28. The molecule has 3 rings (SSSR count). The van der Waals surface area contributed by atoms with Crippen LogP contribution in [0.25, 0.3) is 22.2 Å². The lowest BCUT2D eigenvalue weighted by Gasteiger charge is -2.16. The van der Waals surface area contributed by atoms with Crippen molar-refractivity contribution in [2.24, 2.45) is 0 Å². The van der Waals surface area contributed by atoms with Crippen molar-refractivity contribution in [2.75, 3.05) is 0 Å². The molecule has 0 aliphatic rings. The van der Waals surface area contributed by atoms with E-state index in [2.05, 4.69) is 0 Å². The zero-order chi connectivity index (χ0) is 15.0. The summed E-state index contributed by atoms with van der Waals surface area (Å²) < 4.78 is 1.95. The second-order valence-corrected chi connectivity index (χ2v) is 4.86. The Bertz CT molecular complexity index is 881. The quantitative estimate of drug-likeness (QED) is 0.758. The standard InChI is InChI=1S/C17H15NO3/c1-2-18-13-7-4-8-15(20)17(13)16(21)10-14(18)11-5-3-6-12(19)9-11/h3-10,19-20H,2H2,1H3. The summed E-state index contributed by atoms with van der Waals surface area (Å²) in [5, 5.41) is 19.9. The Morgan fingerprint density at radius 1 is 1.05 bits per heavy atom. The van der Waals surface area contributed by atoms with Gasteiger partial charge in [0.2, 0.25) is 0 Å². The van der Waals surface area contributed by atoms with Crippen molar-refractivity contribution < 1.29 is 10.2 Å². The Morgan fingerprint density at radius 3 is 2.52 bits per heavy atom. The third kappa shape index (κ3) is 2.14. The Morgan fingerprint density at radius 2 is 1.81 bits per heavy atom. The molecule has 3 aromatic rings. The molecule has 4 nitrogen and oxygen atoms in total. The maximum absolute atomic E-state index is 12.3. The van der Waals surface area contributed by atoms with Crippen LogP contribution in [0.2, 0.25) is 0 Å². The van der Waals surface area contributed by atoms with Gasteiger partial charge in [0, 0.05) is 18.2 Å². The lowest BCUT2D eigenvalue weighted by Crippen LogP contribution is -2.11. The molecule has 0 aliphatic carbocycles. The van der Waals surface area contributed by atoms with Crippen LogP contribution in [0.15, 0.2) is 53.3 Å². The molecule has 0 bridgehead atoms. The number of hydrogen-bond donors (Lipinski definition) is 2. The van der Waals surface area contributed by atoms with Crippen LogP contribution in [0.1, 0.15) is 6.92 Å². The number of hydrogen-bond acceptors (Lipinski definition) is 3. The van der Waals surface area contributed by atoms with Gasteiger partial charge in [0.15, 0.2) is 5.43 Å². The van der Waals surface area contributed by atoms with Crippen molar-refractivity contribution in [1.82, 2.24) is 4.57 Å². The van der Waals surface area contributed by atoms with Gasteiger partial charge in [-0.05, 0) is 31.2 Å². The lowest BCUT2D eigenvalue weighted by atomic mass is 10.1. The lowest BCUT2D eigenvalue weighted by molar-refractivity contribution is 0.475. The molecule has 2 N–H and O–H groups in total. The number of aromatic hydroxyl groups is 2. The Hall–Kier alpha value is -2.75. The van der Waals surface area contributed by atoms with Gasteiger partial charge in [-0.2, -0.15) is 0 Å². The van der Waals surface area contributed by atoms with E-state index in [1.165, 1.54) is 12.1 Å². The van der Waals surface area contributed by atoms with Crippen LogP contribution in [0.4, 0.5) is 0 Å². The predicted molar refractivity (Wildman–Crippen MR) is 82.6 cm³/mol. The molecule has 0 saturated heterocycles. The molecule has 0 saturated carbocycles. The van der Waals surface area contributed by atoms with Crippen LogP contribution in [-0.4, -0.2) is 14.8 Å². The van der Waals surface area contributed by atoms with E-state index in [4.69, 9.17) is 0 Å². The number of phenolic OH excluding ortho intramolecular Hbond substituents is 2. The molecule has 4 heteroatoms. The van der Waals surface area contributed by atoms with E-state index in [0.29, 0.717) is 17.4 Å². The van der Waals surface area contributed by atoms with E-state index >= 15 is 0 Å². The number of nitrogens with zero attached hydrogens (tertiary/aromatic N) is 1. The zero-order valence-corrected chi connectivity index (χ0v) is 11.6. The number of pyridine rings is 1. The summed E-state index contributed by atoms with van der Waals surface area (Å²) in [6.45, 7) is 2.62. The molecular formula is C17H15NO3. The maximum Gasteiger partial charge on any atom is 0.193 e. The first-order chi connectivity index (χ1) is 10.1. The van der Waals surface area contributed by atoms with E-state index in [0.717, 1.165) is 11.3 Å². The summed E-state index contributed by atoms with van der Waals surface area (Å²) in [6, 6.07) is 13.3. The van der Waals surface area contributed by atoms with Gasteiger partial charge < -0.3 is 14.8 Å². The van der Waals surface area contributed by atoms with Crippen LogP contribution >= 0.6 is 0 Å². The topological polar surface area (TPSA) is 62.5 Å². The van der Waals surface area contributed by atoms with E-state index in [1.807, 2.05) is 23.6 Å². The van der Waals surface area contributed by atoms with Crippen LogP contribution in [0.5, 0.6) is 11.5 Å². The number of fused-ring (bicyclic) bond motifs is 1. The number of aromatic nitrogens is 1. The summed E-state index contributed by atoms with van der Waals surface area (Å²) >= 11 is 0. The first-order valence-corrected chi connectivity index (χ1v) is 6.76. The van der Waals surface area contributed by atoms with Crippen LogP contribution in [0, 0.1) is 0 Å². The summed E-state index contributed by atoms with van der Waals surface area (Å²) in [5.41, 5.74) is 1.94. The second kappa shape index (κ2) is 4.98. The predicted octanol–water partition coefficient (Wildman–Crippen LogP) is 3.10. The first-order valence-electron chi connectivity index (χ1n) is 6.76. The molecule has 1 aromatic heterocycles. The van der Waals surface area contributed by atoms with Crippen molar-refractivity contribution in [1.29, 1.82) is 0 Å². The Balaban J connectivity index is 2.42. The fourth-order valence-corrected chi connectivity index (χ4v) is 2.65. The van der Waals surface area contributed by atoms with Crippen molar-refractivity contribution >= 4 is 10.9 Å². The minimum Gasteiger partial charge on any atom is -0.508 e. The third-order valence-corrected chi connectivity index (χ3v) is 3.57. The number of aryl methyl sites for hydroxylation is 1. The highest BCUT2D eigenvalue weighted by atomic mass is 16.3. The van der Waals surface area contributed by atoms with Crippen molar-refractivity contribution in [3.8, 4) is 22.8 Å². The fraction of sp³-hybridized carbons (Fsp3) is 0.118. The van der Waals surface area contributed by atoms with Gasteiger partial charge in [-0.25, -0.2) is 0 Å². The van der Waals surface area contributed by atoms with Gasteiger partial charge in [0.1, 0.15) is 11.5 Å². The molecule has 1 heterocycles. The average molecular weight is 281 g/mol. The summed E-state index contributed by atoms with van der Waals surface area (Å²) in [7, 11) is 0. The minimum atomic E-state index is -0.230. The van der Waals surface area contributed by atoms with Crippen LogP contribution in [-0.2, 0) is 6.54 Å². The van der Waals surface area contributed by atoms with Gasteiger partial charge in [0.05, 0.1) is 16.6 Å². The van der Waals surface area contributed by atoms with Gasteiger partial charge in [-0.15, -0.1) is 0 Å². The molecule has 106 valence electrons. The molecule has 2 aromatic carbocycles. The van der Waals surface area contributed by atoms with E-state index in [-0.39, 0.29) is 16.9 Å². The van der Waals surface area contributed by atoms with Crippen molar-refractivity contribution in [3.05, 3.63) is 58.8 Å². The zero-order valence-electron chi connectivity index (χ0n) is 11.6. The molecular weight excluding hydrogens is 266 g/mol. The highest BCUT2D eigenvalue weighted by Gasteiger charge is 2.12. The number of benzene rings is 2. The molecule has 0 aliphatic heterocycles. The van der Waals surface area contributed by atoms with Crippen LogP contribution < -0.4 is 5.43 Å². The first kappa shape index (κ1) is 13.2. The van der Waals surface area contributed by atoms with E-state index in [1.54, 1.807) is 24.3 Å². The smallest absolute Gasteiger partial charge is 0.193 e. The van der Waals surface area contributed by atoms with Crippen molar-refractivity contribution in [3.63, 3.8) is 0 Å². The van der Waals surface area contributed by atoms with Gasteiger partial charge in [0.25, 0.3) is 0 Å². The van der Waals surface area contributed by atoms with Gasteiger partial charge >= 0.3 is 0 Å². The molecule has 0 amide bonds. The van der Waals surface area contributed by atoms with E-state index < -0.39 is 0 Å². The molecule has 0 fully saturated rings. The number of rotatable bonds is 2. The minimum absolute atomic E-state index is 0.0119. The Kier molecular flexibility index (Phi) is 3.14. The van der Waals surface area contributed by atoms with Crippen molar-refractivity contribution in [2.45, 2.75) is 13.5 Å². The molecule has 0 unspecified atom stereocenters. The SMILES string of the molecule is CCn1c(-c2cccc(O)c2)cc(=O)c2c(O)cccc21. The highest BCUT2D eigenvalue weighted by molar-refractivity contribution is 5.87. The fourth-order valence-electron chi connectivity index (χ4n) is 2.65. The largest absolute Gasteiger partial charge is 0.508 e. The summed E-state index contributed by atoms with van der Waals surface area (Å²) in [4.78, 5) is 12.3. The Labute approximate surface area is 121 Å².